The molecule has 0 spiro atoms. The van der Waals surface area contributed by atoms with Crippen LogP contribution < -0.4 is 0 Å². The van der Waals surface area contributed by atoms with Crippen LogP contribution in [-0.2, 0) is 0 Å². The van der Waals surface area contributed by atoms with Crippen molar-refractivity contribution >= 4 is 43.6 Å². The molecule has 0 aliphatic rings. The SMILES string of the molecule is [2H]c1c([2H])c([2H])c(-c2nc(-c3ccc(-c4ccccc4)cc3)nc(-c3ccc(-n4c5ccccc5c5cc6c7ccccc7n(-c7ccccc7)c6cc54)cc3)n2)c([2H])c1[2H]. The van der Waals surface area contributed by atoms with Crippen LogP contribution in [0.15, 0.2) is 200 Å². The lowest BCUT2D eigenvalue weighted by Crippen LogP contribution is -2.00. The highest BCUT2D eigenvalue weighted by Gasteiger charge is 2.19. The molecule has 11 rings (SSSR count). The van der Waals surface area contributed by atoms with Crippen molar-refractivity contribution in [2.45, 2.75) is 0 Å². The van der Waals surface area contributed by atoms with E-state index in [0.717, 1.165) is 55.3 Å². The Balaban J connectivity index is 1.08. The highest BCUT2D eigenvalue weighted by Crippen LogP contribution is 2.40. The number of hydrogen-bond acceptors (Lipinski definition) is 3. The Morgan fingerprint density at radius 2 is 0.750 bits per heavy atom. The van der Waals surface area contributed by atoms with Crippen LogP contribution in [0.4, 0.5) is 0 Å². The van der Waals surface area contributed by atoms with Crippen molar-refractivity contribution in [3.8, 4) is 56.7 Å². The van der Waals surface area contributed by atoms with Gasteiger partial charge in [0, 0.05) is 49.6 Å². The monoisotopic (exact) mass is 720 g/mol. The molecule has 0 saturated heterocycles. The van der Waals surface area contributed by atoms with Crippen molar-refractivity contribution in [3.05, 3.63) is 200 Å². The molecule has 0 bridgehead atoms. The van der Waals surface area contributed by atoms with E-state index in [9.17, 15) is 0 Å². The van der Waals surface area contributed by atoms with E-state index >= 15 is 0 Å². The van der Waals surface area contributed by atoms with Crippen LogP contribution in [0.5, 0.6) is 0 Å². The molecule has 5 nitrogen and oxygen atoms in total. The van der Waals surface area contributed by atoms with Gasteiger partial charge < -0.3 is 9.13 Å². The van der Waals surface area contributed by atoms with Gasteiger partial charge in [-0.3, -0.25) is 0 Å². The largest absolute Gasteiger partial charge is 0.309 e. The molecule has 56 heavy (non-hydrogen) atoms. The maximum atomic E-state index is 8.75. The van der Waals surface area contributed by atoms with Gasteiger partial charge in [0.1, 0.15) is 0 Å². The van der Waals surface area contributed by atoms with Gasteiger partial charge in [-0.1, -0.05) is 139 Å². The number of fused-ring (bicyclic) bond motifs is 6. The van der Waals surface area contributed by atoms with Crippen LogP contribution in [0.25, 0.3) is 100 Å². The predicted octanol–water partition coefficient (Wildman–Crippen LogP) is 12.7. The second-order valence-electron chi connectivity index (χ2n) is 13.7. The van der Waals surface area contributed by atoms with Crippen molar-refractivity contribution in [1.29, 1.82) is 0 Å². The smallest absolute Gasteiger partial charge is 0.164 e. The van der Waals surface area contributed by atoms with Gasteiger partial charge in [0.05, 0.1) is 28.9 Å². The number of hydrogen-bond donors (Lipinski definition) is 0. The fourth-order valence-electron chi connectivity index (χ4n) is 7.87. The Morgan fingerprint density at radius 1 is 0.321 bits per heavy atom. The van der Waals surface area contributed by atoms with Gasteiger partial charge in [0.25, 0.3) is 0 Å². The van der Waals surface area contributed by atoms with Crippen molar-refractivity contribution < 1.29 is 6.85 Å². The molecule has 0 atom stereocenters. The van der Waals surface area contributed by atoms with Crippen molar-refractivity contribution in [1.82, 2.24) is 24.1 Å². The summed E-state index contributed by atoms with van der Waals surface area (Å²) >= 11 is 0. The minimum Gasteiger partial charge on any atom is -0.309 e. The molecule has 0 fully saturated rings. The van der Waals surface area contributed by atoms with Gasteiger partial charge in [0.2, 0.25) is 0 Å². The van der Waals surface area contributed by atoms with Gasteiger partial charge in [-0.05, 0) is 71.8 Å². The minimum absolute atomic E-state index is 0.00608. The summed E-state index contributed by atoms with van der Waals surface area (Å²) in [6, 6.07) is 55.8. The zero-order chi connectivity index (χ0) is 41.4. The molecule has 0 amide bonds. The van der Waals surface area contributed by atoms with Crippen LogP contribution in [-0.4, -0.2) is 24.1 Å². The number of para-hydroxylation sites is 3. The normalized spacial score (nSPS) is 12.8. The first-order valence-electron chi connectivity index (χ1n) is 21.0. The topological polar surface area (TPSA) is 48.5 Å². The van der Waals surface area contributed by atoms with E-state index in [4.69, 9.17) is 21.8 Å². The van der Waals surface area contributed by atoms with E-state index in [1.54, 1.807) is 0 Å². The lowest BCUT2D eigenvalue weighted by atomic mass is 10.0. The van der Waals surface area contributed by atoms with Crippen molar-refractivity contribution in [2.24, 2.45) is 0 Å². The predicted molar refractivity (Wildman–Crippen MR) is 230 cm³/mol. The molecule has 3 heterocycles. The van der Waals surface area contributed by atoms with Gasteiger partial charge in [-0.2, -0.15) is 0 Å². The lowest BCUT2D eigenvalue weighted by molar-refractivity contribution is 1.07. The van der Waals surface area contributed by atoms with E-state index in [-0.39, 0.29) is 23.5 Å². The lowest BCUT2D eigenvalue weighted by Gasteiger charge is -2.12. The molecule has 0 radical (unpaired) electrons. The Morgan fingerprint density at radius 3 is 1.32 bits per heavy atom. The van der Waals surface area contributed by atoms with Gasteiger partial charge in [0.15, 0.2) is 17.5 Å². The maximum Gasteiger partial charge on any atom is 0.164 e. The first-order valence-corrected chi connectivity index (χ1v) is 18.5. The first-order chi connectivity index (χ1) is 29.8. The van der Waals surface area contributed by atoms with Gasteiger partial charge in [-0.25, -0.2) is 15.0 Å². The Kier molecular flexibility index (Phi) is 6.29. The highest BCUT2D eigenvalue weighted by atomic mass is 15.0. The molecular weight excluding hydrogens is 683 g/mol. The summed E-state index contributed by atoms with van der Waals surface area (Å²) in [4.78, 5) is 14.4. The zero-order valence-electron chi connectivity index (χ0n) is 34.9. The van der Waals surface area contributed by atoms with E-state index in [2.05, 4.69) is 94.1 Å². The minimum atomic E-state index is -0.479. The third-order valence-electron chi connectivity index (χ3n) is 10.5. The van der Waals surface area contributed by atoms with E-state index in [0.29, 0.717) is 22.8 Å². The molecule has 262 valence electrons. The molecule has 0 aliphatic heterocycles. The maximum absolute atomic E-state index is 8.75. The van der Waals surface area contributed by atoms with Gasteiger partial charge >= 0.3 is 0 Å². The van der Waals surface area contributed by atoms with Crippen molar-refractivity contribution in [3.63, 3.8) is 0 Å². The molecule has 5 heteroatoms. The van der Waals surface area contributed by atoms with Crippen molar-refractivity contribution in [2.75, 3.05) is 0 Å². The number of rotatable bonds is 6. The summed E-state index contributed by atoms with van der Waals surface area (Å²) in [7, 11) is 0. The zero-order valence-corrected chi connectivity index (χ0v) is 29.9. The molecule has 3 aromatic heterocycles. The highest BCUT2D eigenvalue weighted by molar-refractivity contribution is 6.19. The quantitative estimate of drug-likeness (QED) is 0.172. The molecule has 0 unspecified atom stereocenters. The average Bonchev–Trinajstić information content (AvgIpc) is 3.82. The van der Waals surface area contributed by atoms with Crippen LogP contribution in [0, 0.1) is 0 Å². The summed E-state index contributed by atoms with van der Waals surface area (Å²) in [5.74, 6) is 0.617. The average molecular weight is 721 g/mol. The number of benzene rings is 8. The number of nitrogens with zero attached hydrogens (tertiary/aromatic N) is 5. The van der Waals surface area contributed by atoms with E-state index in [1.807, 2.05) is 84.9 Å². The second kappa shape index (κ2) is 13.0. The van der Waals surface area contributed by atoms with E-state index in [1.165, 1.54) is 10.8 Å². The molecule has 0 N–H and O–H groups in total. The fourth-order valence-corrected chi connectivity index (χ4v) is 7.87. The Hall–Kier alpha value is -7.63. The van der Waals surface area contributed by atoms with Crippen LogP contribution in [0.3, 0.4) is 0 Å². The summed E-state index contributed by atoms with van der Waals surface area (Å²) in [6.07, 6.45) is 0. The third kappa shape index (κ3) is 5.29. The van der Waals surface area contributed by atoms with E-state index < -0.39 is 18.1 Å². The first kappa shape index (κ1) is 27.0. The standard InChI is InChI=1S/C51H33N5/c1-4-14-34(15-5-1)35-24-26-37(27-25-35)50-52-49(36-16-6-2-7-17-36)53-51(54-50)38-28-30-40(31-29-38)56-46-23-13-11-21-42(46)44-32-43-41-20-10-12-22-45(41)55(47(43)33-48(44)56)39-18-8-3-9-19-39/h1-33H/i2D,6D,7D,16D,17D. The third-order valence-corrected chi connectivity index (χ3v) is 10.5. The van der Waals surface area contributed by atoms with Crippen LogP contribution in [0.2, 0.25) is 0 Å². The summed E-state index contributed by atoms with van der Waals surface area (Å²) in [6.45, 7) is 0. The number of aromatic nitrogens is 5. The molecular formula is C51H33N5. The van der Waals surface area contributed by atoms with Crippen LogP contribution >= 0.6 is 0 Å². The summed E-state index contributed by atoms with van der Waals surface area (Å²) in [5, 5.41) is 4.66. The summed E-state index contributed by atoms with van der Waals surface area (Å²) in [5.41, 5.74) is 9.78. The Bertz CT molecular complexity index is 3480. The molecule has 8 aromatic carbocycles. The van der Waals surface area contributed by atoms with Crippen LogP contribution in [0.1, 0.15) is 6.85 Å². The second-order valence-corrected chi connectivity index (χ2v) is 13.7. The fraction of sp³-hybridized carbons (Fsp3) is 0. The molecule has 0 aliphatic carbocycles. The Labute approximate surface area is 330 Å². The molecule has 0 saturated carbocycles. The summed E-state index contributed by atoms with van der Waals surface area (Å²) < 4.78 is 47.1. The van der Waals surface area contributed by atoms with Gasteiger partial charge in [-0.15, -0.1) is 0 Å². The molecule has 11 aromatic rings.